The summed E-state index contributed by atoms with van der Waals surface area (Å²) in [4.78, 5) is 0. The zero-order chi connectivity index (χ0) is 22.8. The number of hydrogen-bond donors (Lipinski definition) is 0. The van der Waals surface area contributed by atoms with Gasteiger partial charge in [0.25, 0.3) is 0 Å². The third kappa shape index (κ3) is 5.15. The minimum Gasteiger partial charge on any atom is -0.414 e. The van der Waals surface area contributed by atoms with Gasteiger partial charge in [0.05, 0.1) is 4.75 Å². The maximum Gasteiger partial charge on any atom is 0.192 e. The maximum absolute atomic E-state index is 12.4. The van der Waals surface area contributed by atoms with Crippen molar-refractivity contribution in [1.29, 1.82) is 0 Å². The quantitative estimate of drug-likeness (QED) is 0.272. The van der Waals surface area contributed by atoms with E-state index in [0.717, 1.165) is 12.8 Å². The first kappa shape index (κ1) is 25.9. The summed E-state index contributed by atoms with van der Waals surface area (Å²) in [7, 11) is -4.82. The summed E-state index contributed by atoms with van der Waals surface area (Å²) in [5, 5.41) is 1.44. The van der Waals surface area contributed by atoms with Crippen LogP contribution in [-0.2, 0) is 14.3 Å². The predicted molar refractivity (Wildman–Crippen MR) is 132 cm³/mol. The summed E-state index contributed by atoms with van der Waals surface area (Å²) in [6.45, 7) is 17.0. The minimum absolute atomic E-state index is 0.203. The first-order valence-electron chi connectivity index (χ1n) is 12.1. The van der Waals surface area contributed by atoms with Gasteiger partial charge in [-0.3, -0.25) is 0 Å². The van der Waals surface area contributed by atoms with Gasteiger partial charge in [-0.25, -0.2) is 8.42 Å². The molecule has 0 N–H and O–H groups in total. The molecule has 3 nitrogen and oxygen atoms in total. The molecule has 2 aliphatic rings. The third-order valence-corrected chi connectivity index (χ3v) is 15.1. The van der Waals surface area contributed by atoms with Crippen molar-refractivity contribution in [3.63, 3.8) is 0 Å². The zero-order valence-corrected chi connectivity index (χ0v) is 22.6. The van der Waals surface area contributed by atoms with E-state index in [2.05, 4.69) is 40.7 Å². The molecule has 0 saturated heterocycles. The lowest BCUT2D eigenvalue weighted by atomic mass is 9.63. The Balaban J connectivity index is 2.12. The Morgan fingerprint density at radius 2 is 1.83 bits per heavy atom. The van der Waals surface area contributed by atoms with Crippen LogP contribution in [0.25, 0.3) is 0 Å². The molecule has 1 fully saturated rings. The summed E-state index contributed by atoms with van der Waals surface area (Å²) in [5.74, 6) is 0.957. The van der Waals surface area contributed by atoms with Gasteiger partial charge in [-0.2, -0.15) is 0 Å². The number of allylic oxidation sites excluding steroid dienone is 3. The van der Waals surface area contributed by atoms with E-state index < -0.39 is 22.9 Å². The first-order chi connectivity index (χ1) is 13.9. The molecule has 0 aromatic heterocycles. The van der Waals surface area contributed by atoms with E-state index in [0.29, 0.717) is 17.9 Å². The van der Waals surface area contributed by atoms with Gasteiger partial charge in [0, 0.05) is 11.5 Å². The molecule has 0 amide bonds. The summed E-state index contributed by atoms with van der Waals surface area (Å²) in [5.41, 5.74) is 1.74. The van der Waals surface area contributed by atoms with Crippen LogP contribution in [0.15, 0.2) is 23.1 Å². The Morgan fingerprint density at radius 1 is 1.23 bits per heavy atom. The SMILES string of the molecule is CC[Si](CC)(CC)O[C@H]1CCC[C@]2(C)C([C@H](C)C/C=C/S(=O)(=O)C(C)(C)C)=CC[C@@H]12. The molecule has 1 saturated carbocycles. The van der Waals surface area contributed by atoms with Gasteiger partial charge >= 0.3 is 0 Å². The molecule has 0 bridgehead atoms. The number of rotatable bonds is 9. The summed E-state index contributed by atoms with van der Waals surface area (Å²) in [6.07, 6.45) is 10.3. The van der Waals surface area contributed by atoms with Gasteiger partial charge in [-0.05, 0) is 81.8 Å². The Kier molecular flexibility index (Phi) is 8.29. The standard InChI is InChI=1S/C25H46O3SSi/c1-9-30(10-2,11-3)28-23-15-12-18-25(8)21(16-17-22(23)25)20(4)14-13-19-29(26,27)24(5,6)7/h13,16,19-20,22-23H,9-12,14-15,17-18H2,1-8H3/b19-13+/t20-,22+,23+,25-/m1/s1. The van der Waals surface area contributed by atoms with Crippen molar-refractivity contribution in [3.05, 3.63) is 23.1 Å². The molecule has 0 aromatic rings. The molecule has 4 atom stereocenters. The van der Waals surface area contributed by atoms with E-state index in [1.165, 1.54) is 48.4 Å². The van der Waals surface area contributed by atoms with Crippen LogP contribution in [0.2, 0.25) is 18.1 Å². The van der Waals surface area contributed by atoms with Gasteiger partial charge in [-0.1, -0.05) is 58.8 Å². The van der Waals surface area contributed by atoms with Gasteiger partial charge < -0.3 is 4.43 Å². The largest absolute Gasteiger partial charge is 0.414 e. The first-order valence-corrected chi connectivity index (χ1v) is 16.2. The van der Waals surface area contributed by atoms with Crippen LogP contribution in [0, 0.1) is 17.3 Å². The van der Waals surface area contributed by atoms with Gasteiger partial charge in [0.15, 0.2) is 18.2 Å². The van der Waals surface area contributed by atoms with E-state index in [1.807, 2.05) is 6.08 Å². The lowest BCUT2D eigenvalue weighted by Gasteiger charge is -2.47. The highest BCUT2D eigenvalue weighted by atomic mass is 32.2. The predicted octanol–water partition coefficient (Wildman–Crippen LogP) is 7.27. The Labute approximate surface area is 187 Å². The zero-order valence-electron chi connectivity index (χ0n) is 20.8. The number of fused-ring (bicyclic) bond motifs is 1. The second kappa shape index (κ2) is 9.62. The molecule has 0 radical (unpaired) electrons. The van der Waals surface area contributed by atoms with Gasteiger partial charge in [0.1, 0.15) is 0 Å². The molecule has 2 rings (SSSR count). The molecule has 5 heteroatoms. The van der Waals surface area contributed by atoms with Crippen molar-refractivity contribution < 1.29 is 12.8 Å². The summed E-state index contributed by atoms with van der Waals surface area (Å²) >= 11 is 0. The normalized spacial score (nSPS) is 29.1. The van der Waals surface area contributed by atoms with Crippen molar-refractivity contribution >= 4 is 18.2 Å². The fourth-order valence-electron chi connectivity index (χ4n) is 5.67. The Bertz CT molecular complexity index is 735. The highest BCUT2D eigenvalue weighted by molar-refractivity contribution is 7.95. The number of sulfone groups is 1. The van der Waals surface area contributed by atoms with Crippen LogP contribution in [0.1, 0.15) is 87.5 Å². The van der Waals surface area contributed by atoms with Crippen molar-refractivity contribution in [1.82, 2.24) is 0 Å². The van der Waals surface area contributed by atoms with Crippen LogP contribution in [-0.4, -0.2) is 27.6 Å². The molecule has 2 aliphatic carbocycles. The lowest BCUT2D eigenvalue weighted by molar-refractivity contribution is 0.0177. The van der Waals surface area contributed by atoms with Crippen molar-refractivity contribution in [2.24, 2.45) is 17.3 Å². The molecule has 0 spiro atoms. The van der Waals surface area contributed by atoms with E-state index in [1.54, 1.807) is 20.8 Å². The van der Waals surface area contributed by atoms with E-state index in [4.69, 9.17) is 4.43 Å². The topological polar surface area (TPSA) is 43.4 Å². The van der Waals surface area contributed by atoms with E-state index in [-0.39, 0.29) is 5.41 Å². The van der Waals surface area contributed by atoms with Gasteiger partial charge in [-0.15, -0.1) is 0 Å². The number of hydrogen-bond acceptors (Lipinski definition) is 3. The lowest BCUT2D eigenvalue weighted by Crippen LogP contribution is -2.48. The van der Waals surface area contributed by atoms with Crippen LogP contribution in [0.5, 0.6) is 0 Å². The summed E-state index contributed by atoms with van der Waals surface area (Å²) in [6, 6.07) is 3.64. The van der Waals surface area contributed by atoms with Gasteiger partial charge in [0.2, 0.25) is 0 Å². The molecular formula is C25H46O3SSi. The maximum atomic E-state index is 12.4. The Hall–Kier alpha value is -0.393. The fourth-order valence-corrected chi connectivity index (χ4v) is 9.37. The molecule has 0 unspecified atom stereocenters. The van der Waals surface area contributed by atoms with E-state index >= 15 is 0 Å². The average Bonchev–Trinajstić information content (AvgIpc) is 3.03. The Morgan fingerprint density at radius 3 is 2.37 bits per heavy atom. The van der Waals surface area contributed by atoms with Crippen LogP contribution < -0.4 is 0 Å². The summed E-state index contributed by atoms with van der Waals surface area (Å²) < 4.78 is 31.1. The van der Waals surface area contributed by atoms with E-state index in [9.17, 15) is 8.42 Å². The molecular weight excluding hydrogens is 408 g/mol. The average molecular weight is 455 g/mol. The minimum atomic E-state index is -3.21. The van der Waals surface area contributed by atoms with Crippen molar-refractivity contribution in [2.75, 3.05) is 0 Å². The second-order valence-electron chi connectivity index (χ2n) is 10.9. The third-order valence-electron chi connectivity index (χ3n) is 8.19. The fraction of sp³-hybridized carbons (Fsp3) is 0.840. The molecule has 0 heterocycles. The molecule has 30 heavy (non-hydrogen) atoms. The highest BCUT2D eigenvalue weighted by Crippen LogP contribution is 2.56. The second-order valence-corrected chi connectivity index (χ2v) is 18.2. The van der Waals surface area contributed by atoms with Crippen LogP contribution >= 0.6 is 0 Å². The highest BCUT2D eigenvalue weighted by Gasteiger charge is 2.50. The van der Waals surface area contributed by atoms with Crippen LogP contribution in [0.4, 0.5) is 0 Å². The van der Waals surface area contributed by atoms with Crippen LogP contribution in [0.3, 0.4) is 0 Å². The van der Waals surface area contributed by atoms with Crippen molar-refractivity contribution in [3.8, 4) is 0 Å². The van der Waals surface area contributed by atoms with Crippen molar-refractivity contribution in [2.45, 2.75) is 116 Å². The molecule has 174 valence electrons. The monoisotopic (exact) mass is 454 g/mol. The molecule has 0 aromatic carbocycles. The smallest absolute Gasteiger partial charge is 0.192 e. The molecule has 0 aliphatic heterocycles.